The molecule has 0 unspecified atom stereocenters. The van der Waals surface area contributed by atoms with E-state index in [-0.39, 0.29) is 50.1 Å². The topological polar surface area (TPSA) is 140 Å². The van der Waals surface area contributed by atoms with Crippen LogP contribution in [0.5, 0.6) is 0 Å². The molecular weight excluding hydrogens is 482 g/mol. The van der Waals surface area contributed by atoms with Crippen molar-refractivity contribution < 1.29 is 38.2 Å². The minimum absolute atomic E-state index is 0.0555. The van der Waals surface area contributed by atoms with Crippen LogP contribution in [0.15, 0.2) is 24.3 Å². The van der Waals surface area contributed by atoms with E-state index in [0.29, 0.717) is 38.0 Å². The number of esters is 1. The lowest BCUT2D eigenvalue weighted by atomic mass is 10.0. The number of carbonyl (C=O) groups excluding carboxylic acids is 5. The normalized spacial score (nSPS) is 12.6. The van der Waals surface area contributed by atoms with Gasteiger partial charge in [0.15, 0.2) is 0 Å². The molecule has 0 aliphatic carbocycles. The zero-order valence-electron chi connectivity index (χ0n) is 21.6. The summed E-state index contributed by atoms with van der Waals surface area (Å²) in [5.74, 6) is -1.03. The lowest BCUT2D eigenvalue weighted by Gasteiger charge is -2.14. The molecule has 0 fully saturated rings. The van der Waals surface area contributed by atoms with E-state index in [4.69, 9.17) is 14.2 Å². The van der Waals surface area contributed by atoms with E-state index >= 15 is 0 Å². The zero-order chi connectivity index (χ0) is 27.2. The molecule has 0 saturated carbocycles. The second-order valence-corrected chi connectivity index (χ2v) is 8.58. The average Bonchev–Trinajstić information content (AvgIpc) is 3.16. The number of benzene rings is 1. The maximum absolute atomic E-state index is 12.1. The lowest BCUT2D eigenvalue weighted by Crippen LogP contribution is -2.31. The number of anilines is 1. The van der Waals surface area contributed by atoms with Crippen LogP contribution in [0.1, 0.15) is 49.3 Å². The Bertz CT molecular complexity index is 980. The maximum Gasteiger partial charge on any atom is 0.411 e. The molecule has 0 radical (unpaired) electrons. The highest BCUT2D eigenvalue weighted by atomic mass is 16.6. The Morgan fingerprint density at radius 2 is 1.57 bits per heavy atom. The Morgan fingerprint density at radius 3 is 2.22 bits per heavy atom. The Kier molecular flexibility index (Phi) is 12.3. The molecule has 1 aliphatic rings. The summed E-state index contributed by atoms with van der Waals surface area (Å²) in [6, 6.07) is 3.67. The van der Waals surface area contributed by atoms with Crippen LogP contribution in [-0.4, -0.2) is 67.6 Å². The third-order valence-electron chi connectivity index (χ3n) is 5.48. The summed E-state index contributed by atoms with van der Waals surface area (Å²) in [7, 11) is 0. The maximum atomic E-state index is 12.1. The van der Waals surface area contributed by atoms with E-state index in [0.717, 1.165) is 23.1 Å². The van der Waals surface area contributed by atoms with Crippen LogP contribution < -0.4 is 10.6 Å². The molecule has 1 aliphatic heterocycles. The highest BCUT2D eigenvalue weighted by Crippen LogP contribution is 2.23. The van der Waals surface area contributed by atoms with Crippen molar-refractivity contribution in [2.24, 2.45) is 0 Å². The van der Waals surface area contributed by atoms with Crippen molar-refractivity contribution in [3.8, 4) is 0 Å². The molecule has 0 bridgehead atoms. The first-order valence-corrected chi connectivity index (χ1v) is 12.2. The van der Waals surface area contributed by atoms with Gasteiger partial charge in [0.2, 0.25) is 5.91 Å². The van der Waals surface area contributed by atoms with Crippen molar-refractivity contribution in [2.75, 3.05) is 38.2 Å². The Labute approximate surface area is 216 Å². The number of rotatable bonds is 15. The monoisotopic (exact) mass is 517 g/mol. The third-order valence-corrected chi connectivity index (χ3v) is 5.48. The van der Waals surface area contributed by atoms with Gasteiger partial charge in [-0.2, -0.15) is 0 Å². The fraction of sp³-hybridized carbons (Fsp3) is 0.500. The summed E-state index contributed by atoms with van der Waals surface area (Å²) in [5, 5.41) is 5.47. The van der Waals surface area contributed by atoms with Gasteiger partial charge >= 0.3 is 12.1 Å². The second-order valence-electron chi connectivity index (χ2n) is 8.58. The molecule has 0 saturated heterocycles. The fourth-order valence-electron chi connectivity index (χ4n) is 3.69. The molecule has 1 aromatic carbocycles. The predicted octanol–water partition coefficient (Wildman–Crippen LogP) is 2.53. The van der Waals surface area contributed by atoms with E-state index in [1.165, 1.54) is 24.0 Å². The first-order valence-electron chi connectivity index (χ1n) is 12.2. The molecule has 2 rings (SSSR count). The Hall–Kier alpha value is -3.73. The van der Waals surface area contributed by atoms with Crippen LogP contribution >= 0.6 is 0 Å². The van der Waals surface area contributed by atoms with Crippen molar-refractivity contribution in [2.45, 2.75) is 53.1 Å². The van der Waals surface area contributed by atoms with Crippen molar-refractivity contribution in [3.63, 3.8) is 0 Å². The van der Waals surface area contributed by atoms with Gasteiger partial charge in [-0.15, -0.1) is 0 Å². The molecule has 11 heteroatoms. The van der Waals surface area contributed by atoms with Gasteiger partial charge in [0, 0.05) is 44.3 Å². The number of ether oxygens (including phenoxy) is 3. The summed E-state index contributed by atoms with van der Waals surface area (Å²) in [6.45, 7) is 6.43. The minimum Gasteiger partial charge on any atom is -0.461 e. The number of aryl methyl sites for hydroxylation is 2. The molecule has 1 heterocycles. The summed E-state index contributed by atoms with van der Waals surface area (Å²) in [5.41, 5.74) is 3.10. The molecular formula is C26H35N3O8. The molecule has 202 valence electrons. The van der Waals surface area contributed by atoms with Crippen LogP contribution in [0.3, 0.4) is 0 Å². The zero-order valence-corrected chi connectivity index (χ0v) is 21.6. The van der Waals surface area contributed by atoms with Gasteiger partial charge in [-0.3, -0.25) is 29.4 Å². The number of imide groups is 1. The largest absolute Gasteiger partial charge is 0.461 e. The average molecular weight is 518 g/mol. The minimum atomic E-state index is -0.606. The molecule has 0 aromatic heterocycles. The molecule has 1 aromatic rings. The number of nitrogens with one attached hydrogen (secondary N) is 2. The Balaban J connectivity index is 1.50. The summed E-state index contributed by atoms with van der Waals surface area (Å²) in [4.78, 5) is 59.0. The second kappa shape index (κ2) is 15.4. The quantitative estimate of drug-likeness (QED) is 0.205. The first-order chi connectivity index (χ1) is 17.7. The fourth-order valence-corrected chi connectivity index (χ4v) is 3.69. The lowest BCUT2D eigenvalue weighted by molar-refractivity contribution is -0.142. The number of unbranched alkanes of at least 4 members (excludes halogenated alkanes) is 2. The van der Waals surface area contributed by atoms with E-state index in [9.17, 15) is 24.0 Å². The van der Waals surface area contributed by atoms with Gasteiger partial charge in [0.25, 0.3) is 11.8 Å². The SMILES string of the molecule is CC(=O)OCc1cc(C)c(NC(=O)OCCOCCNC(=O)CCCCCN2C(=O)C=CC2=O)c(C)c1. The van der Waals surface area contributed by atoms with E-state index < -0.39 is 6.09 Å². The highest BCUT2D eigenvalue weighted by Gasteiger charge is 2.22. The number of hydrogen-bond donors (Lipinski definition) is 2. The first kappa shape index (κ1) is 29.5. The van der Waals surface area contributed by atoms with Crippen molar-refractivity contribution in [1.29, 1.82) is 0 Å². The molecule has 2 N–H and O–H groups in total. The predicted molar refractivity (Wildman–Crippen MR) is 135 cm³/mol. The van der Waals surface area contributed by atoms with Crippen LogP contribution in [0.4, 0.5) is 10.5 Å². The van der Waals surface area contributed by atoms with Gasteiger partial charge in [-0.25, -0.2) is 4.79 Å². The summed E-state index contributed by atoms with van der Waals surface area (Å²) >= 11 is 0. The molecule has 0 spiro atoms. The van der Waals surface area contributed by atoms with E-state index in [1.807, 2.05) is 26.0 Å². The number of amides is 4. The van der Waals surface area contributed by atoms with Gasteiger partial charge in [0.05, 0.1) is 13.2 Å². The summed E-state index contributed by atoms with van der Waals surface area (Å²) < 4.78 is 15.5. The number of nitrogens with zero attached hydrogens (tertiary/aromatic N) is 1. The van der Waals surface area contributed by atoms with Gasteiger partial charge in [-0.05, 0) is 43.4 Å². The van der Waals surface area contributed by atoms with E-state index in [1.54, 1.807) is 0 Å². The molecule has 11 nitrogen and oxygen atoms in total. The standard InChI is InChI=1S/C26H35N3O8/c1-18-15-21(17-37-20(3)30)16-19(2)25(18)28-26(34)36-14-13-35-12-10-27-22(31)7-5-4-6-11-29-23(32)8-9-24(29)33/h8-9,15-16H,4-7,10-14,17H2,1-3H3,(H,27,31)(H,28,34). The van der Waals surface area contributed by atoms with Crippen molar-refractivity contribution in [1.82, 2.24) is 10.2 Å². The smallest absolute Gasteiger partial charge is 0.411 e. The van der Waals surface area contributed by atoms with Crippen LogP contribution in [-0.2, 0) is 40.0 Å². The third kappa shape index (κ3) is 10.8. The van der Waals surface area contributed by atoms with Gasteiger partial charge < -0.3 is 19.5 Å². The molecule has 0 atom stereocenters. The van der Waals surface area contributed by atoms with Gasteiger partial charge in [0.1, 0.15) is 13.2 Å². The van der Waals surface area contributed by atoms with Crippen molar-refractivity contribution in [3.05, 3.63) is 41.0 Å². The summed E-state index contributed by atoms with van der Waals surface area (Å²) in [6.07, 6.45) is 4.32. The van der Waals surface area contributed by atoms with Crippen LogP contribution in [0.25, 0.3) is 0 Å². The van der Waals surface area contributed by atoms with Crippen LogP contribution in [0.2, 0.25) is 0 Å². The highest BCUT2D eigenvalue weighted by molar-refractivity contribution is 6.12. The van der Waals surface area contributed by atoms with Crippen LogP contribution in [0, 0.1) is 13.8 Å². The number of carbonyl (C=O) groups is 5. The Morgan fingerprint density at radius 1 is 0.892 bits per heavy atom. The van der Waals surface area contributed by atoms with Crippen molar-refractivity contribution >= 4 is 35.5 Å². The number of hydrogen-bond acceptors (Lipinski definition) is 8. The molecule has 4 amide bonds. The molecule has 37 heavy (non-hydrogen) atoms. The van der Waals surface area contributed by atoms with Gasteiger partial charge in [-0.1, -0.05) is 18.6 Å². The van der Waals surface area contributed by atoms with E-state index in [2.05, 4.69) is 10.6 Å².